The molecule has 0 aromatic rings. The number of hydrogen-bond donors (Lipinski definition) is 0. The lowest BCUT2D eigenvalue weighted by atomic mass is 9.94. The molecule has 7 heteroatoms. The van der Waals surface area contributed by atoms with Crippen LogP contribution < -0.4 is 0 Å². The molecule has 18 heavy (non-hydrogen) atoms. The van der Waals surface area contributed by atoms with Crippen LogP contribution in [0.3, 0.4) is 0 Å². The van der Waals surface area contributed by atoms with Crippen molar-refractivity contribution in [1.82, 2.24) is 0 Å². The Balaban J connectivity index is 3.58. The maximum Gasteiger partial charge on any atom is 0.431 e. The number of alkyl halides is 3. The van der Waals surface area contributed by atoms with E-state index in [9.17, 15) is 13.2 Å². The summed E-state index contributed by atoms with van der Waals surface area (Å²) in [6, 6.07) is 2.96. The van der Waals surface area contributed by atoms with Crippen molar-refractivity contribution in [2.24, 2.45) is 0 Å². The minimum Gasteiger partial charge on any atom is -0.482 e. The van der Waals surface area contributed by atoms with E-state index in [-0.39, 0.29) is 5.57 Å². The van der Waals surface area contributed by atoms with Gasteiger partial charge in [-0.1, -0.05) is 0 Å². The molecule has 1 heterocycles. The summed E-state index contributed by atoms with van der Waals surface area (Å²) in [4.78, 5) is 2.76. The van der Waals surface area contributed by atoms with E-state index in [2.05, 4.69) is 4.85 Å². The summed E-state index contributed by atoms with van der Waals surface area (Å²) < 4.78 is 43.4. The molecule has 0 bridgehead atoms. The van der Waals surface area contributed by atoms with Gasteiger partial charge in [-0.25, -0.2) is 10.1 Å². The minimum atomic E-state index is -4.75. The highest BCUT2D eigenvalue weighted by Gasteiger charge is 2.59. The molecule has 0 aliphatic carbocycles. The maximum absolute atomic E-state index is 12.9. The molecule has 4 nitrogen and oxygen atoms in total. The van der Waals surface area contributed by atoms with Crippen molar-refractivity contribution in [1.29, 1.82) is 10.5 Å². The van der Waals surface area contributed by atoms with E-state index in [1.54, 1.807) is 6.07 Å². The molecular weight excluding hydrogens is 247 g/mol. The first-order valence-electron chi connectivity index (χ1n) is 4.62. The highest BCUT2D eigenvalue weighted by molar-refractivity contribution is 5.55. The van der Waals surface area contributed by atoms with E-state index in [4.69, 9.17) is 21.8 Å². The molecule has 92 valence electrons. The van der Waals surface area contributed by atoms with Crippen LogP contribution in [0.5, 0.6) is 0 Å². The summed E-state index contributed by atoms with van der Waals surface area (Å²) in [6.45, 7) is 8.54. The lowest BCUT2D eigenvalue weighted by molar-refractivity contribution is -0.237. The quantitative estimate of drug-likeness (QED) is 0.492. The lowest BCUT2D eigenvalue weighted by Crippen LogP contribution is -2.43. The molecular formula is C11H6F3N3O. The molecule has 0 N–H and O–H groups in total. The van der Waals surface area contributed by atoms with Crippen LogP contribution in [0.4, 0.5) is 13.2 Å². The zero-order valence-corrected chi connectivity index (χ0v) is 9.38. The molecule has 0 amide bonds. The van der Waals surface area contributed by atoms with E-state index in [1.807, 2.05) is 0 Å². The van der Waals surface area contributed by atoms with Gasteiger partial charge in [0, 0.05) is 0 Å². The summed E-state index contributed by atoms with van der Waals surface area (Å²) in [5.74, 6) is -0.604. The van der Waals surface area contributed by atoms with Gasteiger partial charge in [-0.15, -0.1) is 0 Å². The molecule has 1 atom stereocenters. The van der Waals surface area contributed by atoms with Crippen molar-refractivity contribution < 1.29 is 17.9 Å². The number of hydrogen-bond acceptors (Lipinski definition) is 3. The molecule has 0 aromatic heterocycles. The summed E-state index contributed by atoms with van der Waals surface area (Å²) in [6.07, 6.45) is -4.75. The molecule has 0 saturated heterocycles. The first kappa shape index (κ1) is 13.6. The van der Waals surface area contributed by atoms with E-state index >= 15 is 0 Å². The standard InChI is InChI=1S/C11H6F3N3O/c1-6-7(4-15)9(8(5-16)17-3)18-10(6,2)11(12,13)14/h1-2H3/b9-8-. The normalized spacial score (nSPS) is 25.9. The fourth-order valence-electron chi connectivity index (χ4n) is 1.44. The Morgan fingerprint density at radius 3 is 2.33 bits per heavy atom. The molecule has 0 saturated carbocycles. The van der Waals surface area contributed by atoms with Crippen molar-refractivity contribution in [3.8, 4) is 12.1 Å². The number of ether oxygens (including phenoxy) is 1. The summed E-state index contributed by atoms with van der Waals surface area (Å²) in [5, 5.41) is 17.5. The average molecular weight is 253 g/mol. The van der Waals surface area contributed by atoms with Crippen LogP contribution >= 0.6 is 0 Å². The van der Waals surface area contributed by atoms with Gasteiger partial charge in [0.2, 0.25) is 5.60 Å². The number of rotatable bonds is 0. The SMILES string of the molecule is [C-]#[N+]/C(C#N)=C1\OC(C)(C(F)(F)F)C(C)=C1C#N. The molecule has 0 aromatic carbocycles. The second kappa shape index (κ2) is 4.09. The second-order valence-corrected chi connectivity index (χ2v) is 3.65. The number of allylic oxidation sites excluding steroid dienone is 2. The molecule has 1 aliphatic rings. The van der Waals surface area contributed by atoms with E-state index in [1.165, 1.54) is 6.07 Å². The monoisotopic (exact) mass is 253 g/mol. The Kier molecular flexibility index (Phi) is 3.09. The van der Waals surface area contributed by atoms with Crippen molar-refractivity contribution >= 4 is 0 Å². The highest BCUT2D eigenvalue weighted by Crippen LogP contribution is 2.48. The maximum atomic E-state index is 12.9. The van der Waals surface area contributed by atoms with E-state index in [0.717, 1.165) is 13.8 Å². The predicted molar refractivity (Wildman–Crippen MR) is 53.1 cm³/mol. The van der Waals surface area contributed by atoms with Gasteiger partial charge in [-0.3, -0.25) is 0 Å². The highest BCUT2D eigenvalue weighted by atomic mass is 19.4. The molecule has 0 fully saturated rings. The first-order chi connectivity index (χ1) is 8.22. The van der Waals surface area contributed by atoms with E-state index < -0.39 is 28.8 Å². The first-order valence-corrected chi connectivity index (χ1v) is 4.62. The van der Waals surface area contributed by atoms with Gasteiger partial charge in [0.15, 0.2) is 5.76 Å². The Morgan fingerprint density at radius 2 is 2.00 bits per heavy atom. The van der Waals surface area contributed by atoms with Crippen molar-refractivity contribution in [3.63, 3.8) is 0 Å². The lowest BCUT2D eigenvalue weighted by Gasteiger charge is -2.28. The smallest absolute Gasteiger partial charge is 0.431 e. The van der Waals surface area contributed by atoms with Crippen LogP contribution in [0.1, 0.15) is 13.8 Å². The molecule has 1 unspecified atom stereocenters. The Bertz CT molecular complexity index is 565. The third-order valence-electron chi connectivity index (χ3n) is 2.71. The third-order valence-corrected chi connectivity index (χ3v) is 2.71. The number of nitrogens with zero attached hydrogens (tertiary/aromatic N) is 3. The summed E-state index contributed by atoms with van der Waals surface area (Å²) >= 11 is 0. The van der Waals surface area contributed by atoms with Gasteiger partial charge < -0.3 is 4.74 Å². The van der Waals surface area contributed by atoms with Crippen LogP contribution in [-0.4, -0.2) is 11.8 Å². The molecule has 1 aliphatic heterocycles. The van der Waals surface area contributed by atoms with Crippen molar-refractivity contribution in [2.45, 2.75) is 25.6 Å². The van der Waals surface area contributed by atoms with Crippen LogP contribution in [-0.2, 0) is 4.74 Å². The van der Waals surface area contributed by atoms with E-state index in [0.29, 0.717) is 0 Å². The average Bonchev–Trinajstić information content (AvgIpc) is 2.54. The Hall–Kier alpha value is -2.46. The van der Waals surface area contributed by atoms with Gasteiger partial charge in [0.25, 0.3) is 0 Å². The summed E-state index contributed by atoms with van der Waals surface area (Å²) in [7, 11) is 0. The zero-order chi connectivity index (χ0) is 14.1. The third kappa shape index (κ3) is 1.69. The fourth-order valence-corrected chi connectivity index (χ4v) is 1.44. The second-order valence-electron chi connectivity index (χ2n) is 3.65. The van der Waals surface area contributed by atoms with Crippen LogP contribution in [0.25, 0.3) is 4.85 Å². The van der Waals surface area contributed by atoms with Crippen LogP contribution in [0.15, 0.2) is 22.6 Å². The Morgan fingerprint density at radius 1 is 1.44 bits per heavy atom. The van der Waals surface area contributed by atoms with Crippen LogP contribution in [0, 0.1) is 29.2 Å². The number of nitriles is 2. The van der Waals surface area contributed by atoms with Gasteiger partial charge in [-0.05, 0) is 19.4 Å². The Labute approximate surface area is 101 Å². The van der Waals surface area contributed by atoms with Gasteiger partial charge >= 0.3 is 11.9 Å². The van der Waals surface area contributed by atoms with Gasteiger partial charge in [0.05, 0.1) is 18.2 Å². The largest absolute Gasteiger partial charge is 0.482 e. The molecule has 0 radical (unpaired) electrons. The van der Waals surface area contributed by atoms with Crippen molar-refractivity contribution in [3.05, 3.63) is 34.0 Å². The molecule has 1 rings (SSSR count). The predicted octanol–water partition coefficient (Wildman–Crippen LogP) is 2.83. The number of halogens is 3. The fraction of sp³-hybridized carbons (Fsp3) is 0.364. The topological polar surface area (TPSA) is 61.2 Å². The van der Waals surface area contributed by atoms with Crippen molar-refractivity contribution in [2.75, 3.05) is 0 Å². The molecule has 0 spiro atoms. The van der Waals surface area contributed by atoms with Gasteiger partial charge in [0.1, 0.15) is 6.07 Å². The van der Waals surface area contributed by atoms with Gasteiger partial charge in [-0.2, -0.15) is 18.4 Å². The zero-order valence-electron chi connectivity index (χ0n) is 9.38. The van der Waals surface area contributed by atoms with Crippen LogP contribution in [0.2, 0.25) is 0 Å². The summed E-state index contributed by atoms with van der Waals surface area (Å²) in [5.41, 5.74) is -4.12. The minimum absolute atomic E-state index is 0.357.